The molecule has 0 aliphatic heterocycles. The van der Waals surface area contributed by atoms with Gasteiger partial charge in [-0.2, -0.15) is 5.26 Å². The van der Waals surface area contributed by atoms with Crippen molar-refractivity contribution < 1.29 is 19.0 Å². The largest absolute Gasteiger partial charge is 0.382 e. The Balaban J connectivity index is 2.33. The van der Waals surface area contributed by atoms with E-state index < -0.39 is 6.10 Å². The first kappa shape index (κ1) is 17.1. The second kappa shape index (κ2) is 9.88. The number of carbonyl (C=O) groups excluding carboxylic acids is 1. The number of hydrogen-bond acceptors (Lipinski definition) is 5. The summed E-state index contributed by atoms with van der Waals surface area (Å²) in [5.41, 5.74) is 0.901. The number of benzene rings is 1. The second-order valence-electron chi connectivity index (χ2n) is 4.26. The lowest BCUT2D eigenvalue weighted by Crippen LogP contribution is -2.29. The van der Waals surface area contributed by atoms with Crippen LogP contribution >= 0.6 is 0 Å². The lowest BCUT2D eigenvalue weighted by molar-refractivity contribution is -0.127. The molecule has 1 unspecified atom stereocenters. The minimum absolute atomic E-state index is 0.297. The van der Waals surface area contributed by atoms with E-state index in [9.17, 15) is 4.79 Å². The zero-order valence-electron chi connectivity index (χ0n) is 12.3. The van der Waals surface area contributed by atoms with Crippen LogP contribution in [0.4, 0.5) is 5.69 Å². The number of ether oxygens (including phenoxy) is 3. The third-order valence-electron chi connectivity index (χ3n) is 2.70. The van der Waals surface area contributed by atoms with E-state index in [1.807, 2.05) is 6.07 Å². The van der Waals surface area contributed by atoms with Crippen LogP contribution in [-0.2, 0) is 19.0 Å². The Morgan fingerprint density at radius 1 is 1.29 bits per heavy atom. The Hall–Kier alpha value is -1.94. The normalized spacial score (nSPS) is 11.7. The number of rotatable bonds is 9. The van der Waals surface area contributed by atoms with Gasteiger partial charge in [0.15, 0.2) is 0 Å². The van der Waals surface area contributed by atoms with E-state index in [0.29, 0.717) is 37.7 Å². The zero-order valence-corrected chi connectivity index (χ0v) is 12.3. The average Bonchev–Trinajstić information content (AvgIpc) is 2.51. The van der Waals surface area contributed by atoms with Crippen molar-refractivity contribution in [2.75, 3.05) is 38.9 Å². The molecule has 0 heterocycles. The molecule has 6 nitrogen and oxygen atoms in total. The van der Waals surface area contributed by atoms with Gasteiger partial charge in [0.05, 0.1) is 37.7 Å². The van der Waals surface area contributed by atoms with E-state index >= 15 is 0 Å². The third-order valence-corrected chi connectivity index (χ3v) is 2.70. The number of nitrogens with one attached hydrogen (secondary N) is 1. The van der Waals surface area contributed by atoms with Crippen molar-refractivity contribution in [3.63, 3.8) is 0 Å². The van der Waals surface area contributed by atoms with Gasteiger partial charge in [0.1, 0.15) is 12.2 Å². The molecule has 0 aromatic heterocycles. The maximum absolute atomic E-state index is 11.9. The summed E-state index contributed by atoms with van der Waals surface area (Å²) in [7, 11) is 1.60. The van der Waals surface area contributed by atoms with Gasteiger partial charge in [-0.15, -0.1) is 0 Å². The Bertz CT molecular complexity index is 485. The van der Waals surface area contributed by atoms with Crippen LogP contribution in [0.3, 0.4) is 0 Å². The lowest BCUT2D eigenvalue weighted by Gasteiger charge is -2.14. The molecule has 0 radical (unpaired) electrons. The van der Waals surface area contributed by atoms with E-state index in [2.05, 4.69) is 5.32 Å². The number of methoxy groups -OCH3 is 1. The van der Waals surface area contributed by atoms with E-state index in [4.69, 9.17) is 19.5 Å². The summed E-state index contributed by atoms with van der Waals surface area (Å²) in [5, 5.41) is 11.6. The number of carbonyl (C=O) groups is 1. The van der Waals surface area contributed by atoms with Gasteiger partial charge in [0.25, 0.3) is 5.91 Å². The third kappa shape index (κ3) is 6.36. The first-order valence-corrected chi connectivity index (χ1v) is 6.67. The van der Waals surface area contributed by atoms with Gasteiger partial charge in [-0.05, 0) is 19.1 Å². The van der Waals surface area contributed by atoms with Crippen LogP contribution in [0.15, 0.2) is 24.3 Å². The Morgan fingerprint density at radius 2 is 2.00 bits per heavy atom. The van der Waals surface area contributed by atoms with Crippen molar-refractivity contribution in [2.45, 2.75) is 13.0 Å². The number of hydrogen-bond donors (Lipinski definition) is 1. The summed E-state index contributed by atoms with van der Waals surface area (Å²) in [5.74, 6) is -0.297. The van der Waals surface area contributed by atoms with Gasteiger partial charge in [-0.1, -0.05) is 12.1 Å². The summed E-state index contributed by atoms with van der Waals surface area (Å²) >= 11 is 0. The SMILES string of the molecule is COCCOCCOC(C)C(=O)Nc1ccccc1C#N. The Labute approximate surface area is 124 Å². The molecule has 0 fully saturated rings. The summed E-state index contributed by atoms with van der Waals surface area (Å²) in [4.78, 5) is 11.9. The maximum atomic E-state index is 11.9. The highest BCUT2D eigenvalue weighted by molar-refractivity contribution is 5.95. The molecule has 1 atom stereocenters. The quantitative estimate of drug-likeness (QED) is 0.699. The fourth-order valence-electron chi connectivity index (χ4n) is 1.53. The summed E-state index contributed by atoms with van der Waals surface area (Å²) in [6.07, 6.45) is -0.622. The minimum atomic E-state index is -0.622. The highest BCUT2D eigenvalue weighted by atomic mass is 16.5. The second-order valence-corrected chi connectivity index (χ2v) is 4.26. The fourth-order valence-corrected chi connectivity index (χ4v) is 1.53. The van der Waals surface area contributed by atoms with E-state index in [0.717, 1.165) is 0 Å². The monoisotopic (exact) mass is 292 g/mol. The van der Waals surface area contributed by atoms with Crippen LogP contribution in [0.25, 0.3) is 0 Å². The first-order chi connectivity index (χ1) is 10.2. The zero-order chi connectivity index (χ0) is 15.5. The molecule has 1 aromatic rings. The molecule has 1 N–H and O–H groups in total. The molecule has 1 amide bonds. The van der Waals surface area contributed by atoms with E-state index in [-0.39, 0.29) is 5.91 Å². The van der Waals surface area contributed by atoms with Gasteiger partial charge in [-0.3, -0.25) is 4.79 Å². The molecule has 0 bridgehead atoms. The van der Waals surface area contributed by atoms with Gasteiger partial charge in [0, 0.05) is 7.11 Å². The molecule has 0 saturated carbocycles. The molecule has 0 spiro atoms. The summed E-state index contributed by atoms with van der Waals surface area (Å²) < 4.78 is 15.4. The molecule has 6 heteroatoms. The number of para-hydroxylation sites is 1. The maximum Gasteiger partial charge on any atom is 0.253 e. The summed E-state index contributed by atoms with van der Waals surface area (Å²) in [6, 6.07) is 8.84. The number of amides is 1. The molecule has 114 valence electrons. The molecule has 0 aliphatic carbocycles. The summed E-state index contributed by atoms with van der Waals surface area (Å²) in [6.45, 7) is 3.39. The number of nitriles is 1. The topological polar surface area (TPSA) is 80.6 Å². The predicted octanol–water partition coefficient (Wildman–Crippen LogP) is 1.56. The van der Waals surface area contributed by atoms with Gasteiger partial charge in [0.2, 0.25) is 0 Å². The van der Waals surface area contributed by atoms with Crippen LogP contribution < -0.4 is 5.32 Å². The number of anilines is 1. The molecule has 0 saturated heterocycles. The standard InChI is InChI=1S/C15H20N2O4/c1-12(21-10-9-20-8-7-19-2)15(18)17-14-6-4-3-5-13(14)11-16/h3-6,12H,7-10H2,1-2H3,(H,17,18). The highest BCUT2D eigenvalue weighted by Gasteiger charge is 2.14. The van der Waals surface area contributed by atoms with Crippen LogP contribution in [0, 0.1) is 11.3 Å². The molecule has 1 rings (SSSR count). The van der Waals surface area contributed by atoms with Crippen LogP contribution in [0.2, 0.25) is 0 Å². The number of nitrogens with zero attached hydrogens (tertiary/aromatic N) is 1. The van der Waals surface area contributed by atoms with Crippen LogP contribution in [0.1, 0.15) is 12.5 Å². The first-order valence-electron chi connectivity index (χ1n) is 6.67. The van der Waals surface area contributed by atoms with Crippen molar-refractivity contribution in [3.8, 4) is 6.07 Å². The van der Waals surface area contributed by atoms with E-state index in [1.165, 1.54) is 0 Å². The van der Waals surface area contributed by atoms with Crippen LogP contribution in [0.5, 0.6) is 0 Å². The van der Waals surface area contributed by atoms with Crippen molar-refractivity contribution in [3.05, 3.63) is 29.8 Å². The highest BCUT2D eigenvalue weighted by Crippen LogP contribution is 2.14. The van der Waals surface area contributed by atoms with Crippen molar-refractivity contribution in [2.24, 2.45) is 0 Å². The lowest BCUT2D eigenvalue weighted by atomic mass is 10.2. The smallest absolute Gasteiger partial charge is 0.253 e. The van der Waals surface area contributed by atoms with Gasteiger partial charge < -0.3 is 19.5 Å². The Morgan fingerprint density at radius 3 is 2.71 bits per heavy atom. The molecule has 1 aromatic carbocycles. The minimum Gasteiger partial charge on any atom is -0.382 e. The van der Waals surface area contributed by atoms with Crippen molar-refractivity contribution >= 4 is 11.6 Å². The molecular weight excluding hydrogens is 272 g/mol. The molecular formula is C15H20N2O4. The predicted molar refractivity (Wildman–Crippen MR) is 77.9 cm³/mol. The Kier molecular flexibility index (Phi) is 8.05. The van der Waals surface area contributed by atoms with E-state index in [1.54, 1.807) is 38.3 Å². The van der Waals surface area contributed by atoms with Crippen molar-refractivity contribution in [1.82, 2.24) is 0 Å². The van der Waals surface area contributed by atoms with Crippen LogP contribution in [-0.4, -0.2) is 45.5 Å². The van der Waals surface area contributed by atoms with Gasteiger partial charge in [-0.25, -0.2) is 0 Å². The fraction of sp³-hybridized carbons (Fsp3) is 0.467. The van der Waals surface area contributed by atoms with Gasteiger partial charge >= 0.3 is 0 Å². The molecule has 0 aliphatic rings. The average molecular weight is 292 g/mol. The molecule has 21 heavy (non-hydrogen) atoms. The van der Waals surface area contributed by atoms with Crippen molar-refractivity contribution in [1.29, 1.82) is 5.26 Å².